The second-order valence-corrected chi connectivity index (χ2v) is 11.0. The van der Waals surface area contributed by atoms with Crippen LogP contribution in [-0.2, 0) is 0 Å². The molecular weight excluding hydrogens is 575 g/mol. The van der Waals surface area contributed by atoms with E-state index in [2.05, 4.69) is 32.6 Å². The molecular formula is C32H29ClF3N7. The van der Waals surface area contributed by atoms with Crippen LogP contribution in [0.4, 0.5) is 24.5 Å². The average molecular weight is 605 g/mol. The lowest BCUT2D eigenvalue weighted by Gasteiger charge is -2.25. The maximum absolute atomic E-state index is 13.9. The summed E-state index contributed by atoms with van der Waals surface area (Å²) < 4.78 is 51.3. The number of hydrogen-bond acceptors (Lipinski definition) is 7. The lowest BCUT2D eigenvalue weighted by molar-refractivity contribution is 0.00911. The second kappa shape index (κ2) is 11.7. The van der Waals surface area contributed by atoms with Crippen LogP contribution in [0.2, 0.25) is 5.02 Å². The molecule has 1 unspecified atom stereocenters. The molecule has 1 fully saturated rings. The molecule has 0 amide bonds. The first kappa shape index (κ1) is 27.4. The molecule has 1 aromatic heterocycles. The van der Waals surface area contributed by atoms with Gasteiger partial charge in [0.1, 0.15) is 17.4 Å². The number of anilines is 2. The molecule has 4 N–H and O–H groups in total. The number of alkyl halides is 2. The van der Waals surface area contributed by atoms with Crippen molar-refractivity contribution in [3.8, 4) is 6.07 Å². The van der Waals surface area contributed by atoms with E-state index in [1.807, 2.05) is 37.3 Å². The highest BCUT2D eigenvalue weighted by atomic mass is 35.5. The van der Waals surface area contributed by atoms with Crippen LogP contribution in [0.15, 0.2) is 84.8 Å². The van der Waals surface area contributed by atoms with E-state index >= 15 is 0 Å². The number of halogens is 4. The van der Waals surface area contributed by atoms with Crippen molar-refractivity contribution in [3.63, 3.8) is 0 Å². The van der Waals surface area contributed by atoms with Crippen LogP contribution in [0, 0.1) is 17.1 Å². The fourth-order valence-corrected chi connectivity index (χ4v) is 5.55. The molecule has 2 atom stereocenters. The van der Waals surface area contributed by atoms with E-state index in [-0.39, 0.29) is 16.8 Å². The zero-order chi connectivity index (χ0) is 31.1. The van der Waals surface area contributed by atoms with Gasteiger partial charge in [-0.3, -0.25) is 9.99 Å². The fourth-order valence-electron chi connectivity index (χ4n) is 5.28. The van der Waals surface area contributed by atoms with Crippen molar-refractivity contribution in [2.45, 2.75) is 50.2 Å². The van der Waals surface area contributed by atoms with Crippen molar-refractivity contribution >= 4 is 33.9 Å². The van der Waals surface area contributed by atoms with Gasteiger partial charge in [-0.05, 0) is 54.7 Å². The van der Waals surface area contributed by atoms with Crippen LogP contribution in [-0.4, -0.2) is 22.0 Å². The third-order valence-corrected chi connectivity index (χ3v) is 8.15. The molecule has 1 aliphatic carbocycles. The molecule has 0 saturated heterocycles. The highest BCUT2D eigenvalue weighted by Gasteiger charge is 2.56. The third-order valence-electron chi connectivity index (χ3n) is 7.86. The highest BCUT2D eigenvalue weighted by molar-refractivity contribution is 6.35. The monoisotopic (exact) mass is 604 g/mol. The topological polar surface area (TPSA) is 88.0 Å². The van der Waals surface area contributed by atoms with Crippen LogP contribution >= 0.6 is 11.6 Å². The summed E-state index contributed by atoms with van der Waals surface area (Å²) in [5, 5.41) is 18.8. The zero-order valence-electron chi connectivity index (χ0n) is 24.1. The number of hydrogen-bond donors (Lipinski definition) is 4. The summed E-state index contributed by atoms with van der Waals surface area (Å²) in [6.45, 7) is 2.04. The standard InChI is InChI=1S/C32H29ClF3N7/c1-2-26(19-6-4-3-5-7-19)40-28-21(16-37)17-38-30-24(28)14-23(15-25(30)33)39-29(20-8-10-22(34)11-9-20)27-18-43(42-41-27)32(12-13-32)31(35)36/h3-11,14-15,17-18,26,29,31,39,41-42H,2,12-13H2,1H3,(H,38,40)/t26-,29?/m1/s1/i29D. The van der Waals surface area contributed by atoms with Gasteiger partial charge in [-0.15, -0.1) is 5.53 Å². The van der Waals surface area contributed by atoms with Gasteiger partial charge in [0.25, 0.3) is 6.43 Å². The number of nitrogens with one attached hydrogen (secondary N) is 4. The van der Waals surface area contributed by atoms with Crippen molar-refractivity contribution in [2.24, 2.45) is 0 Å². The molecule has 0 spiro atoms. The van der Waals surface area contributed by atoms with Gasteiger partial charge < -0.3 is 16.1 Å². The quantitative estimate of drug-likeness (QED) is 0.148. The predicted molar refractivity (Wildman–Crippen MR) is 161 cm³/mol. The molecule has 1 aliphatic heterocycles. The molecule has 7 nitrogen and oxygen atoms in total. The first-order valence-corrected chi connectivity index (χ1v) is 14.3. The summed E-state index contributed by atoms with van der Waals surface area (Å²) in [5.74, 6) is -0.484. The molecule has 6 rings (SSSR count). The molecule has 1 saturated carbocycles. The van der Waals surface area contributed by atoms with Crippen LogP contribution in [0.5, 0.6) is 0 Å². The smallest absolute Gasteiger partial charge is 0.262 e. The normalized spacial score (nSPS) is 17.8. The summed E-state index contributed by atoms with van der Waals surface area (Å²) in [5.41, 5.74) is 7.58. The first-order valence-electron chi connectivity index (χ1n) is 14.4. The minimum absolute atomic E-state index is 0.117. The van der Waals surface area contributed by atoms with Gasteiger partial charge in [-0.25, -0.2) is 13.2 Å². The molecule has 0 bridgehead atoms. The molecule has 2 aliphatic rings. The van der Waals surface area contributed by atoms with Gasteiger partial charge >= 0.3 is 0 Å². The van der Waals surface area contributed by atoms with E-state index in [9.17, 15) is 19.8 Å². The predicted octanol–water partition coefficient (Wildman–Crippen LogP) is 7.58. The van der Waals surface area contributed by atoms with Gasteiger partial charge in [0.15, 0.2) is 0 Å². The van der Waals surface area contributed by atoms with E-state index in [0.29, 0.717) is 46.2 Å². The lowest BCUT2D eigenvalue weighted by Crippen LogP contribution is -2.48. The molecule has 0 radical (unpaired) electrons. The second-order valence-electron chi connectivity index (χ2n) is 10.6. The van der Waals surface area contributed by atoms with Gasteiger partial charge in [0.05, 0.1) is 40.9 Å². The number of rotatable bonds is 10. The highest BCUT2D eigenvalue weighted by Crippen LogP contribution is 2.47. The number of nitrogens with zero attached hydrogens (tertiary/aromatic N) is 3. The maximum Gasteiger partial charge on any atom is 0.262 e. The van der Waals surface area contributed by atoms with Crippen molar-refractivity contribution < 1.29 is 14.5 Å². The van der Waals surface area contributed by atoms with Gasteiger partial charge in [0.2, 0.25) is 0 Å². The average Bonchev–Trinajstić information content (AvgIpc) is 3.69. The summed E-state index contributed by atoms with van der Waals surface area (Å²) in [7, 11) is 0. The van der Waals surface area contributed by atoms with E-state index < -0.39 is 23.8 Å². The van der Waals surface area contributed by atoms with E-state index in [1.165, 1.54) is 41.7 Å². The Hall–Kier alpha value is -4.46. The fraction of sp³-hybridized carbons (Fsp3) is 0.250. The van der Waals surface area contributed by atoms with E-state index in [1.54, 1.807) is 12.1 Å². The Balaban J connectivity index is 1.44. The third kappa shape index (κ3) is 5.54. The van der Waals surface area contributed by atoms with Crippen LogP contribution in [0.1, 0.15) is 56.3 Å². The summed E-state index contributed by atoms with van der Waals surface area (Å²) >= 11 is 6.74. The summed E-state index contributed by atoms with van der Waals surface area (Å²) in [6.07, 6.45) is 1.64. The number of fused-ring (bicyclic) bond motifs is 1. The molecule has 3 aromatic carbocycles. The summed E-state index contributed by atoms with van der Waals surface area (Å²) in [4.78, 5) is 4.44. The van der Waals surface area contributed by atoms with E-state index in [4.69, 9.17) is 11.6 Å². The van der Waals surface area contributed by atoms with Crippen LogP contribution in [0.3, 0.4) is 0 Å². The minimum atomic E-state index is -2.60. The minimum Gasteiger partial charge on any atom is -0.377 e. The Morgan fingerprint density at radius 1 is 1.12 bits per heavy atom. The number of benzene rings is 3. The number of hydrazine groups is 2. The first-order chi connectivity index (χ1) is 21.2. The maximum atomic E-state index is 13.9. The Morgan fingerprint density at radius 2 is 1.86 bits per heavy atom. The number of nitriles is 1. The molecule has 2 heterocycles. The number of aromatic nitrogens is 1. The molecule has 11 heteroatoms. The Kier molecular flexibility index (Phi) is 7.43. The largest absolute Gasteiger partial charge is 0.377 e. The SMILES string of the molecule is [2H]C(Nc1cc(Cl)c2ncc(C#N)c(N[C@H](CC)c3ccccc3)c2c1)(C1=CN(C2(C(F)F)CC2)NN1)c1ccc(F)cc1. The van der Waals surface area contributed by atoms with Crippen molar-refractivity contribution in [3.05, 3.63) is 112 Å². The van der Waals surface area contributed by atoms with Crippen LogP contribution in [0.25, 0.3) is 10.9 Å². The van der Waals surface area contributed by atoms with Gasteiger partial charge in [-0.2, -0.15) is 5.26 Å². The number of pyridine rings is 1. The lowest BCUT2D eigenvalue weighted by atomic mass is 10.0. The molecule has 4 aromatic rings. The Morgan fingerprint density at radius 3 is 2.51 bits per heavy atom. The van der Waals surface area contributed by atoms with Crippen molar-refractivity contribution in [1.29, 1.82) is 5.26 Å². The zero-order valence-corrected chi connectivity index (χ0v) is 23.9. The van der Waals surface area contributed by atoms with Gasteiger partial charge in [-0.1, -0.05) is 61.0 Å². The molecule has 43 heavy (non-hydrogen) atoms. The van der Waals surface area contributed by atoms with Gasteiger partial charge in [0, 0.05) is 23.5 Å². The Labute approximate surface area is 253 Å². The van der Waals surface area contributed by atoms with E-state index in [0.717, 1.165) is 12.0 Å². The van der Waals surface area contributed by atoms with Crippen LogP contribution < -0.4 is 21.6 Å². The Bertz CT molecular complexity index is 1760. The summed E-state index contributed by atoms with van der Waals surface area (Å²) in [6, 6.07) is 18.9. The van der Waals surface area contributed by atoms with Crippen molar-refractivity contribution in [1.82, 2.24) is 21.0 Å². The molecule has 220 valence electrons. The van der Waals surface area contributed by atoms with Crippen molar-refractivity contribution in [2.75, 3.05) is 10.6 Å².